The first-order valence-corrected chi connectivity index (χ1v) is 7.59. The van der Waals surface area contributed by atoms with Crippen molar-refractivity contribution in [3.05, 3.63) is 18.2 Å². The van der Waals surface area contributed by atoms with Crippen LogP contribution in [0.5, 0.6) is 0 Å². The normalized spacial score (nSPS) is 12.5. The second kappa shape index (κ2) is 8.78. The van der Waals surface area contributed by atoms with Gasteiger partial charge in [0, 0.05) is 12.6 Å². The van der Waals surface area contributed by atoms with Crippen LogP contribution >= 0.6 is 0 Å². The molecule has 0 aliphatic heterocycles. The molecule has 1 atom stereocenters. The summed E-state index contributed by atoms with van der Waals surface area (Å²) in [6.45, 7) is 9.92. The van der Waals surface area contributed by atoms with Gasteiger partial charge in [0.25, 0.3) is 0 Å². The van der Waals surface area contributed by atoms with E-state index in [0.717, 1.165) is 30.5 Å². The average molecular weight is 263 g/mol. The molecular weight excluding hydrogens is 234 g/mol. The number of hydrogen-bond acceptors (Lipinski definition) is 3. The molecule has 0 aliphatic carbocycles. The van der Waals surface area contributed by atoms with Crippen molar-refractivity contribution < 1.29 is 0 Å². The van der Waals surface area contributed by atoms with E-state index in [2.05, 4.69) is 43.3 Å². The third kappa shape index (κ3) is 7.04. The molecule has 0 radical (unpaired) electrons. The van der Waals surface area contributed by atoms with Gasteiger partial charge < -0.3 is 10.6 Å². The molecule has 108 valence electrons. The molecule has 1 rings (SSSR count). The zero-order chi connectivity index (χ0) is 14.1. The highest BCUT2D eigenvalue weighted by molar-refractivity contribution is 5.45. The maximum atomic E-state index is 4.57. The molecule has 3 nitrogen and oxygen atoms in total. The molecule has 0 aromatic carbocycles. The molecule has 1 aromatic heterocycles. The predicted octanol–water partition coefficient (Wildman–Crippen LogP) is 4.53. The Morgan fingerprint density at radius 1 is 1.11 bits per heavy atom. The Morgan fingerprint density at radius 3 is 2.53 bits per heavy atom. The van der Waals surface area contributed by atoms with Crippen LogP contribution in [0.1, 0.15) is 53.4 Å². The summed E-state index contributed by atoms with van der Waals surface area (Å²) in [4.78, 5) is 4.57. The Hall–Kier alpha value is -1.25. The van der Waals surface area contributed by atoms with Crippen LogP contribution in [0.2, 0.25) is 0 Å². The topological polar surface area (TPSA) is 37.0 Å². The number of hydrogen-bond donors (Lipinski definition) is 2. The van der Waals surface area contributed by atoms with Crippen LogP contribution in [0, 0.1) is 5.92 Å². The SMILES string of the molecule is CCCNc1cccc(NC(C)CCCC(C)C)n1. The van der Waals surface area contributed by atoms with Crippen molar-refractivity contribution >= 4 is 11.6 Å². The van der Waals surface area contributed by atoms with Crippen molar-refractivity contribution in [1.82, 2.24) is 4.98 Å². The minimum absolute atomic E-state index is 0.479. The Bertz CT molecular complexity index is 350. The van der Waals surface area contributed by atoms with Crippen LogP contribution in [0.25, 0.3) is 0 Å². The maximum absolute atomic E-state index is 4.57. The Labute approximate surface area is 118 Å². The summed E-state index contributed by atoms with van der Waals surface area (Å²) in [5, 5.41) is 6.80. The van der Waals surface area contributed by atoms with Crippen LogP contribution in [-0.4, -0.2) is 17.6 Å². The summed E-state index contributed by atoms with van der Waals surface area (Å²) in [6.07, 6.45) is 4.90. The summed E-state index contributed by atoms with van der Waals surface area (Å²) in [5.74, 6) is 2.73. The van der Waals surface area contributed by atoms with E-state index in [1.807, 2.05) is 18.2 Å². The van der Waals surface area contributed by atoms with E-state index in [9.17, 15) is 0 Å². The molecule has 2 N–H and O–H groups in total. The quantitative estimate of drug-likeness (QED) is 0.687. The highest BCUT2D eigenvalue weighted by atomic mass is 15.1. The zero-order valence-corrected chi connectivity index (χ0v) is 12.9. The molecule has 19 heavy (non-hydrogen) atoms. The van der Waals surface area contributed by atoms with Gasteiger partial charge in [-0.25, -0.2) is 4.98 Å². The standard InChI is InChI=1S/C16H29N3/c1-5-12-17-15-10-7-11-16(19-15)18-14(4)9-6-8-13(2)3/h7,10-11,13-14H,5-6,8-9,12H2,1-4H3,(H2,17,18,19). The van der Waals surface area contributed by atoms with Crippen LogP contribution in [0.15, 0.2) is 18.2 Å². The molecule has 1 heterocycles. The van der Waals surface area contributed by atoms with Gasteiger partial charge in [0.2, 0.25) is 0 Å². The number of nitrogens with one attached hydrogen (secondary N) is 2. The summed E-state index contributed by atoms with van der Waals surface area (Å²) < 4.78 is 0. The van der Waals surface area contributed by atoms with Gasteiger partial charge in [-0.15, -0.1) is 0 Å². The summed E-state index contributed by atoms with van der Waals surface area (Å²) in [5.41, 5.74) is 0. The predicted molar refractivity (Wildman–Crippen MR) is 84.8 cm³/mol. The summed E-state index contributed by atoms with van der Waals surface area (Å²) in [7, 11) is 0. The number of anilines is 2. The second-order valence-corrected chi connectivity index (χ2v) is 5.70. The molecule has 0 spiro atoms. The molecule has 0 aliphatic rings. The molecule has 3 heteroatoms. The van der Waals surface area contributed by atoms with Crippen molar-refractivity contribution in [2.75, 3.05) is 17.2 Å². The van der Waals surface area contributed by atoms with Crippen molar-refractivity contribution in [1.29, 1.82) is 0 Å². The van der Waals surface area contributed by atoms with Crippen molar-refractivity contribution in [3.63, 3.8) is 0 Å². The Morgan fingerprint density at radius 2 is 1.84 bits per heavy atom. The first-order chi connectivity index (χ1) is 9.11. The number of rotatable bonds is 9. The fourth-order valence-electron chi connectivity index (χ4n) is 2.02. The third-order valence-corrected chi connectivity index (χ3v) is 3.12. The molecule has 0 amide bonds. The van der Waals surface area contributed by atoms with Crippen LogP contribution in [0.4, 0.5) is 11.6 Å². The average Bonchev–Trinajstić information content (AvgIpc) is 2.36. The zero-order valence-electron chi connectivity index (χ0n) is 12.9. The van der Waals surface area contributed by atoms with Gasteiger partial charge in [0.15, 0.2) is 0 Å². The monoisotopic (exact) mass is 263 g/mol. The van der Waals surface area contributed by atoms with Gasteiger partial charge >= 0.3 is 0 Å². The minimum atomic E-state index is 0.479. The van der Waals surface area contributed by atoms with E-state index in [0.29, 0.717) is 6.04 Å². The fraction of sp³-hybridized carbons (Fsp3) is 0.688. The Balaban J connectivity index is 2.38. The van der Waals surface area contributed by atoms with Gasteiger partial charge in [-0.3, -0.25) is 0 Å². The summed E-state index contributed by atoms with van der Waals surface area (Å²) >= 11 is 0. The lowest BCUT2D eigenvalue weighted by atomic mass is 10.0. The second-order valence-electron chi connectivity index (χ2n) is 5.70. The number of aromatic nitrogens is 1. The van der Waals surface area contributed by atoms with Crippen molar-refractivity contribution in [2.45, 2.75) is 59.4 Å². The van der Waals surface area contributed by atoms with E-state index in [-0.39, 0.29) is 0 Å². The highest BCUT2D eigenvalue weighted by Crippen LogP contribution is 2.14. The van der Waals surface area contributed by atoms with E-state index in [1.54, 1.807) is 0 Å². The van der Waals surface area contributed by atoms with Gasteiger partial charge in [0.05, 0.1) is 0 Å². The molecule has 1 aromatic rings. The van der Waals surface area contributed by atoms with Gasteiger partial charge in [0.1, 0.15) is 11.6 Å². The summed E-state index contributed by atoms with van der Waals surface area (Å²) in [6, 6.07) is 6.58. The molecular formula is C16H29N3. The van der Waals surface area contributed by atoms with Gasteiger partial charge in [-0.05, 0) is 37.8 Å². The largest absolute Gasteiger partial charge is 0.370 e. The minimum Gasteiger partial charge on any atom is -0.370 e. The molecule has 0 saturated carbocycles. The molecule has 0 saturated heterocycles. The lowest BCUT2D eigenvalue weighted by Crippen LogP contribution is -2.16. The first-order valence-electron chi connectivity index (χ1n) is 7.59. The lowest BCUT2D eigenvalue weighted by molar-refractivity contribution is 0.520. The van der Waals surface area contributed by atoms with Crippen LogP contribution < -0.4 is 10.6 Å². The van der Waals surface area contributed by atoms with E-state index >= 15 is 0 Å². The number of nitrogens with zero attached hydrogens (tertiary/aromatic N) is 1. The maximum Gasteiger partial charge on any atom is 0.128 e. The van der Waals surface area contributed by atoms with E-state index in [1.165, 1.54) is 19.3 Å². The van der Waals surface area contributed by atoms with Gasteiger partial charge in [-0.1, -0.05) is 39.7 Å². The van der Waals surface area contributed by atoms with Gasteiger partial charge in [-0.2, -0.15) is 0 Å². The third-order valence-electron chi connectivity index (χ3n) is 3.12. The number of pyridine rings is 1. The van der Waals surface area contributed by atoms with Crippen LogP contribution in [-0.2, 0) is 0 Å². The molecule has 1 unspecified atom stereocenters. The smallest absolute Gasteiger partial charge is 0.128 e. The Kier molecular flexibility index (Phi) is 7.31. The first kappa shape index (κ1) is 15.8. The fourth-order valence-corrected chi connectivity index (χ4v) is 2.02. The highest BCUT2D eigenvalue weighted by Gasteiger charge is 2.04. The lowest BCUT2D eigenvalue weighted by Gasteiger charge is -2.16. The molecule has 0 fully saturated rings. The van der Waals surface area contributed by atoms with E-state index < -0.39 is 0 Å². The molecule has 0 bridgehead atoms. The van der Waals surface area contributed by atoms with Crippen molar-refractivity contribution in [2.24, 2.45) is 5.92 Å². The van der Waals surface area contributed by atoms with Crippen LogP contribution in [0.3, 0.4) is 0 Å². The van der Waals surface area contributed by atoms with E-state index in [4.69, 9.17) is 0 Å². The van der Waals surface area contributed by atoms with Crippen molar-refractivity contribution in [3.8, 4) is 0 Å².